The molecule has 16 heavy (non-hydrogen) atoms. The van der Waals surface area contributed by atoms with Gasteiger partial charge in [-0.25, -0.2) is 0 Å². The van der Waals surface area contributed by atoms with Gasteiger partial charge in [-0.05, 0) is 6.54 Å². The maximum atomic E-state index is 4.34. The number of nitrogens with one attached hydrogen (secondary N) is 1. The van der Waals surface area contributed by atoms with Gasteiger partial charge in [-0.1, -0.05) is 6.92 Å². The highest BCUT2D eigenvalue weighted by molar-refractivity contribution is 7.09. The maximum Gasteiger partial charge on any atom is 0.0794 e. The highest BCUT2D eigenvalue weighted by Gasteiger charge is 2.13. The summed E-state index contributed by atoms with van der Waals surface area (Å²) in [5, 5.41) is 3.41. The van der Waals surface area contributed by atoms with Crippen LogP contribution < -0.4 is 5.32 Å². The summed E-state index contributed by atoms with van der Waals surface area (Å²) >= 11 is 1.67. The molecule has 0 aliphatic rings. The number of hydrogen-bond donors (Lipinski definition) is 1. The monoisotopic (exact) mass is 234 g/mol. The summed E-state index contributed by atoms with van der Waals surface area (Å²) in [6.07, 6.45) is 8.06. The van der Waals surface area contributed by atoms with Crippen LogP contribution in [0.4, 0.5) is 0 Å². The molecule has 1 N–H and O–H groups in total. The van der Waals surface area contributed by atoms with E-state index in [1.807, 2.05) is 17.9 Å². The molecule has 0 aliphatic heterocycles. The van der Waals surface area contributed by atoms with Gasteiger partial charge in [0.25, 0.3) is 0 Å². The van der Waals surface area contributed by atoms with Crippen LogP contribution in [0, 0.1) is 0 Å². The molecule has 1 atom stereocenters. The van der Waals surface area contributed by atoms with Crippen LogP contribution in [0.15, 0.2) is 30.3 Å². The predicted molar refractivity (Wildman–Crippen MR) is 64.3 cm³/mol. The molecule has 2 heterocycles. The van der Waals surface area contributed by atoms with Gasteiger partial charge >= 0.3 is 0 Å². The van der Waals surface area contributed by atoms with Crippen LogP contribution in [-0.4, -0.2) is 21.5 Å². The Kier molecular flexibility index (Phi) is 3.96. The Morgan fingerprint density at radius 2 is 2.25 bits per heavy atom. The molecule has 0 spiro atoms. The van der Waals surface area contributed by atoms with Crippen molar-refractivity contribution in [1.29, 1.82) is 0 Å². The van der Waals surface area contributed by atoms with E-state index in [-0.39, 0.29) is 6.04 Å². The Morgan fingerprint density at radius 3 is 2.88 bits per heavy atom. The van der Waals surface area contributed by atoms with E-state index in [4.69, 9.17) is 0 Å². The van der Waals surface area contributed by atoms with E-state index in [1.54, 1.807) is 23.7 Å². The SMILES string of the molecule is CCNC(Cc1cncs1)c1cnccn1. The van der Waals surface area contributed by atoms with Crippen LogP contribution in [0.1, 0.15) is 23.5 Å². The Morgan fingerprint density at radius 1 is 1.31 bits per heavy atom. The van der Waals surface area contributed by atoms with Gasteiger partial charge in [0.2, 0.25) is 0 Å². The molecular weight excluding hydrogens is 220 g/mol. The molecule has 2 aromatic rings. The van der Waals surface area contributed by atoms with Crippen LogP contribution in [0.25, 0.3) is 0 Å². The van der Waals surface area contributed by atoms with Crippen molar-refractivity contribution in [3.05, 3.63) is 40.9 Å². The minimum atomic E-state index is 0.221. The fourth-order valence-corrected chi connectivity index (χ4v) is 2.20. The Balaban J connectivity index is 2.11. The van der Waals surface area contributed by atoms with E-state index in [0.29, 0.717) is 0 Å². The zero-order valence-electron chi connectivity index (χ0n) is 9.13. The summed E-state index contributed by atoms with van der Waals surface area (Å²) in [6, 6.07) is 0.221. The van der Waals surface area contributed by atoms with E-state index >= 15 is 0 Å². The molecule has 0 saturated carbocycles. The standard InChI is InChI=1S/C11H14N4S/c1-2-14-10(5-9-6-13-8-16-9)11-7-12-3-4-15-11/h3-4,6-8,10,14H,2,5H2,1H3. The molecule has 0 amide bonds. The van der Waals surface area contributed by atoms with E-state index in [0.717, 1.165) is 18.7 Å². The number of likely N-dealkylation sites (N-methyl/N-ethyl adjacent to an activating group) is 1. The minimum Gasteiger partial charge on any atom is -0.309 e. The van der Waals surface area contributed by atoms with Crippen molar-refractivity contribution in [2.45, 2.75) is 19.4 Å². The number of nitrogens with zero attached hydrogens (tertiary/aromatic N) is 3. The van der Waals surface area contributed by atoms with Crippen molar-refractivity contribution in [3.63, 3.8) is 0 Å². The molecule has 1 unspecified atom stereocenters. The quantitative estimate of drug-likeness (QED) is 0.857. The van der Waals surface area contributed by atoms with E-state index in [9.17, 15) is 0 Å². The predicted octanol–water partition coefficient (Wildman–Crippen LogP) is 1.83. The zero-order chi connectivity index (χ0) is 11.2. The molecule has 0 aliphatic carbocycles. The van der Waals surface area contributed by atoms with Crippen LogP contribution in [-0.2, 0) is 6.42 Å². The highest BCUT2D eigenvalue weighted by atomic mass is 32.1. The third kappa shape index (κ3) is 2.84. The topological polar surface area (TPSA) is 50.7 Å². The van der Waals surface area contributed by atoms with Crippen molar-refractivity contribution in [2.24, 2.45) is 0 Å². The molecule has 2 rings (SSSR count). The first kappa shape index (κ1) is 11.2. The second-order valence-electron chi connectivity index (χ2n) is 3.41. The molecule has 5 heteroatoms. The first-order valence-corrected chi connectivity index (χ1v) is 6.14. The van der Waals surface area contributed by atoms with Gasteiger partial charge in [-0.3, -0.25) is 15.0 Å². The number of aromatic nitrogens is 3. The lowest BCUT2D eigenvalue weighted by Crippen LogP contribution is -2.23. The van der Waals surface area contributed by atoms with Crippen LogP contribution in [0.5, 0.6) is 0 Å². The van der Waals surface area contributed by atoms with E-state index in [2.05, 4.69) is 27.2 Å². The van der Waals surface area contributed by atoms with Gasteiger partial charge in [0.1, 0.15) is 0 Å². The summed E-state index contributed by atoms with van der Waals surface area (Å²) in [7, 11) is 0. The van der Waals surface area contributed by atoms with Gasteiger partial charge in [0, 0.05) is 36.1 Å². The van der Waals surface area contributed by atoms with E-state index < -0.39 is 0 Å². The first-order valence-electron chi connectivity index (χ1n) is 5.26. The average molecular weight is 234 g/mol. The van der Waals surface area contributed by atoms with Crippen LogP contribution in [0.3, 0.4) is 0 Å². The lowest BCUT2D eigenvalue weighted by atomic mass is 10.1. The third-order valence-corrected chi connectivity index (χ3v) is 3.08. The highest BCUT2D eigenvalue weighted by Crippen LogP contribution is 2.17. The third-order valence-electron chi connectivity index (χ3n) is 2.28. The normalized spacial score (nSPS) is 12.6. The molecule has 84 valence electrons. The number of thiazole rings is 1. The molecule has 0 fully saturated rings. The summed E-state index contributed by atoms with van der Waals surface area (Å²) < 4.78 is 0. The van der Waals surface area contributed by atoms with Gasteiger partial charge in [0.15, 0.2) is 0 Å². The lowest BCUT2D eigenvalue weighted by Gasteiger charge is -2.15. The van der Waals surface area contributed by atoms with Crippen molar-refractivity contribution >= 4 is 11.3 Å². The second-order valence-corrected chi connectivity index (χ2v) is 4.38. The zero-order valence-corrected chi connectivity index (χ0v) is 9.94. The largest absolute Gasteiger partial charge is 0.309 e. The van der Waals surface area contributed by atoms with Crippen molar-refractivity contribution < 1.29 is 0 Å². The van der Waals surface area contributed by atoms with Crippen molar-refractivity contribution in [3.8, 4) is 0 Å². The van der Waals surface area contributed by atoms with Gasteiger partial charge in [-0.2, -0.15) is 0 Å². The van der Waals surface area contributed by atoms with Crippen LogP contribution in [0.2, 0.25) is 0 Å². The Bertz CT molecular complexity index is 401. The lowest BCUT2D eigenvalue weighted by molar-refractivity contribution is 0.537. The van der Waals surface area contributed by atoms with Gasteiger partial charge in [0.05, 0.1) is 17.2 Å². The molecule has 0 aromatic carbocycles. The molecular formula is C11H14N4S. The summed E-state index contributed by atoms with van der Waals surface area (Å²) in [5.74, 6) is 0. The summed E-state index contributed by atoms with van der Waals surface area (Å²) in [5.41, 5.74) is 2.84. The Hall–Kier alpha value is -1.33. The Labute approximate surface area is 98.8 Å². The summed E-state index contributed by atoms with van der Waals surface area (Å²) in [6.45, 7) is 3.01. The number of hydrogen-bond acceptors (Lipinski definition) is 5. The fraction of sp³-hybridized carbons (Fsp3) is 0.364. The van der Waals surface area contributed by atoms with Crippen molar-refractivity contribution in [2.75, 3.05) is 6.54 Å². The minimum absolute atomic E-state index is 0.221. The number of rotatable bonds is 5. The molecule has 4 nitrogen and oxygen atoms in total. The van der Waals surface area contributed by atoms with Crippen molar-refractivity contribution in [1.82, 2.24) is 20.3 Å². The maximum absolute atomic E-state index is 4.34. The molecule has 2 aromatic heterocycles. The van der Waals surface area contributed by atoms with E-state index in [1.165, 1.54) is 4.88 Å². The average Bonchev–Trinajstić information content (AvgIpc) is 2.83. The molecule has 0 saturated heterocycles. The molecule has 0 bridgehead atoms. The van der Waals surface area contributed by atoms with Gasteiger partial charge < -0.3 is 5.32 Å². The summed E-state index contributed by atoms with van der Waals surface area (Å²) in [4.78, 5) is 13.8. The second kappa shape index (κ2) is 5.67. The smallest absolute Gasteiger partial charge is 0.0794 e. The van der Waals surface area contributed by atoms with Gasteiger partial charge in [-0.15, -0.1) is 11.3 Å². The molecule has 0 radical (unpaired) electrons. The van der Waals surface area contributed by atoms with Crippen LogP contribution >= 0.6 is 11.3 Å². The first-order chi connectivity index (χ1) is 7.90. The fourth-order valence-electron chi connectivity index (χ4n) is 1.56.